The zero-order valence-corrected chi connectivity index (χ0v) is 24.7. The molecule has 2 atom stereocenters. The van der Waals surface area contributed by atoms with Gasteiger partial charge in [0.2, 0.25) is 0 Å². The molecule has 0 spiro atoms. The van der Waals surface area contributed by atoms with E-state index < -0.39 is 6.09 Å². The van der Waals surface area contributed by atoms with Crippen molar-refractivity contribution in [1.82, 2.24) is 19.6 Å². The van der Waals surface area contributed by atoms with Crippen molar-refractivity contribution in [3.05, 3.63) is 113 Å². The summed E-state index contributed by atoms with van der Waals surface area (Å²) in [6.07, 6.45) is 7.85. The second-order valence-corrected chi connectivity index (χ2v) is 10.7. The van der Waals surface area contributed by atoms with Gasteiger partial charge in [-0.25, -0.2) is 29.4 Å². The SMILES string of the molecule is CC1C=c2c(ccc3c2=CC(=O)c2ccccc2-3)C(C)C1=O.CCN(C(=O)OCc1ccccc1)n1cnc2ncncc21. The van der Waals surface area contributed by atoms with Crippen LogP contribution < -0.4 is 15.4 Å². The molecule has 9 heteroatoms. The number of ketones is 2. The van der Waals surface area contributed by atoms with Crippen molar-refractivity contribution < 1.29 is 19.1 Å². The molecule has 44 heavy (non-hydrogen) atoms. The maximum Gasteiger partial charge on any atom is 0.429 e. The molecule has 3 aromatic carbocycles. The van der Waals surface area contributed by atoms with Crippen molar-refractivity contribution in [1.29, 1.82) is 0 Å². The van der Waals surface area contributed by atoms with Gasteiger partial charge < -0.3 is 4.74 Å². The van der Waals surface area contributed by atoms with Crippen LogP contribution in [-0.4, -0.2) is 43.8 Å². The Bertz CT molecular complexity index is 2020. The van der Waals surface area contributed by atoms with E-state index in [4.69, 9.17) is 4.74 Å². The minimum Gasteiger partial charge on any atom is -0.443 e. The third-order valence-electron chi connectivity index (χ3n) is 8.02. The number of rotatable bonds is 4. The summed E-state index contributed by atoms with van der Waals surface area (Å²) in [6.45, 7) is 6.40. The number of hydrogen-bond donors (Lipinski definition) is 0. The largest absolute Gasteiger partial charge is 0.443 e. The Morgan fingerprint density at radius 3 is 2.43 bits per heavy atom. The molecule has 0 bridgehead atoms. The standard InChI is InChI=1S/C20H16O2.C15H15N5O2/c1-11-9-17-13(12(2)20(11)22)7-8-15-14-5-3-4-6-16(14)19(21)10-18(15)17;1-2-19(15(21)22-9-12-6-4-3-5-7-12)20-11-18-14-13(20)8-16-10-17-14/h3-12H,1-2H3;3-8,10-11H,2,9H2,1H3. The quantitative estimate of drug-likeness (QED) is 0.305. The number of amides is 1. The molecule has 0 saturated heterocycles. The molecular weight excluding hydrogens is 554 g/mol. The van der Waals surface area contributed by atoms with Crippen LogP contribution in [-0.2, 0) is 16.1 Å². The predicted octanol–water partition coefficient (Wildman–Crippen LogP) is 4.55. The van der Waals surface area contributed by atoms with E-state index in [2.05, 4.69) is 15.0 Å². The molecule has 0 N–H and O–H groups in total. The van der Waals surface area contributed by atoms with Gasteiger partial charge in [-0.15, -0.1) is 0 Å². The lowest BCUT2D eigenvalue weighted by molar-refractivity contribution is -0.122. The highest BCUT2D eigenvalue weighted by atomic mass is 16.6. The Morgan fingerprint density at radius 2 is 1.66 bits per heavy atom. The van der Waals surface area contributed by atoms with E-state index in [1.54, 1.807) is 16.9 Å². The number of aromatic nitrogens is 4. The van der Waals surface area contributed by atoms with Gasteiger partial charge in [-0.05, 0) is 45.7 Å². The first-order valence-corrected chi connectivity index (χ1v) is 14.5. The first-order valence-electron chi connectivity index (χ1n) is 14.5. The third kappa shape index (κ3) is 5.28. The summed E-state index contributed by atoms with van der Waals surface area (Å²) in [5, 5.41) is 3.47. The van der Waals surface area contributed by atoms with Gasteiger partial charge >= 0.3 is 6.09 Å². The maximum atomic E-state index is 12.4. The van der Waals surface area contributed by atoms with Crippen LogP contribution in [0.4, 0.5) is 4.79 Å². The third-order valence-corrected chi connectivity index (χ3v) is 8.02. The number of nitrogens with zero attached hydrogens (tertiary/aromatic N) is 5. The van der Waals surface area contributed by atoms with Crippen LogP contribution in [0, 0.1) is 5.92 Å². The summed E-state index contributed by atoms with van der Waals surface area (Å²) in [7, 11) is 0. The summed E-state index contributed by atoms with van der Waals surface area (Å²) in [6, 6.07) is 21.3. The fourth-order valence-electron chi connectivity index (χ4n) is 5.73. The lowest BCUT2D eigenvalue weighted by atomic mass is 9.79. The van der Waals surface area contributed by atoms with Gasteiger partial charge in [-0.2, -0.15) is 0 Å². The Balaban J connectivity index is 0.000000156. The van der Waals surface area contributed by atoms with Crippen LogP contribution in [0.3, 0.4) is 0 Å². The van der Waals surface area contributed by atoms with E-state index in [1.165, 1.54) is 17.7 Å². The van der Waals surface area contributed by atoms with Crippen LogP contribution in [0.5, 0.6) is 0 Å². The van der Waals surface area contributed by atoms with Crippen molar-refractivity contribution >= 4 is 41.0 Å². The number of imidazole rings is 1. The van der Waals surface area contributed by atoms with Crippen molar-refractivity contribution in [2.45, 2.75) is 33.3 Å². The second-order valence-electron chi connectivity index (χ2n) is 10.7. The van der Waals surface area contributed by atoms with Gasteiger partial charge in [0.1, 0.15) is 30.6 Å². The molecule has 0 saturated carbocycles. The molecule has 5 aromatic rings. The Kier molecular flexibility index (Phi) is 7.85. The zero-order valence-electron chi connectivity index (χ0n) is 24.7. The molecule has 1 amide bonds. The van der Waals surface area contributed by atoms with E-state index in [-0.39, 0.29) is 30.0 Å². The topological polar surface area (TPSA) is 107 Å². The zero-order chi connectivity index (χ0) is 30.8. The molecule has 7 rings (SSSR count). The molecule has 2 aliphatic rings. The van der Waals surface area contributed by atoms with Crippen LogP contribution in [0.2, 0.25) is 0 Å². The second kappa shape index (κ2) is 12.0. The summed E-state index contributed by atoms with van der Waals surface area (Å²) in [4.78, 5) is 49.1. The van der Waals surface area contributed by atoms with Crippen molar-refractivity contribution in [2.24, 2.45) is 5.92 Å². The van der Waals surface area contributed by atoms with Crippen LogP contribution in [0.25, 0.3) is 34.4 Å². The molecule has 0 radical (unpaired) electrons. The molecule has 2 aromatic heterocycles. The van der Waals surface area contributed by atoms with Gasteiger partial charge in [-0.1, -0.05) is 86.7 Å². The average molecular weight is 586 g/mol. The van der Waals surface area contributed by atoms with Crippen LogP contribution >= 0.6 is 0 Å². The maximum absolute atomic E-state index is 12.4. The fraction of sp³-hybridized carbons (Fsp3) is 0.200. The minimum atomic E-state index is -0.450. The highest BCUT2D eigenvalue weighted by Gasteiger charge is 2.27. The first-order chi connectivity index (χ1) is 21.4. The first kappa shape index (κ1) is 28.7. The molecule has 2 heterocycles. The highest BCUT2D eigenvalue weighted by molar-refractivity contribution is 6.22. The summed E-state index contributed by atoms with van der Waals surface area (Å²) < 4.78 is 6.95. The van der Waals surface area contributed by atoms with Crippen LogP contribution in [0.15, 0.2) is 85.6 Å². The molecule has 0 fully saturated rings. The highest BCUT2D eigenvalue weighted by Crippen LogP contribution is 2.27. The molecule has 0 aliphatic heterocycles. The van der Waals surface area contributed by atoms with Gasteiger partial charge in [0, 0.05) is 23.9 Å². The number of carbonyl (C=O) groups excluding carboxylic acids is 3. The van der Waals surface area contributed by atoms with Gasteiger partial charge in [0.05, 0.1) is 6.20 Å². The number of benzene rings is 3. The molecule has 9 nitrogen and oxygen atoms in total. The predicted molar refractivity (Wildman–Crippen MR) is 168 cm³/mol. The van der Waals surface area contributed by atoms with E-state index in [0.29, 0.717) is 17.7 Å². The number of hydrogen-bond acceptors (Lipinski definition) is 7. The average Bonchev–Trinajstić information content (AvgIpc) is 3.48. The van der Waals surface area contributed by atoms with Crippen molar-refractivity contribution in [3.8, 4) is 11.1 Å². The molecular formula is C35H31N5O4. The van der Waals surface area contributed by atoms with Crippen molar-refractivity contribution in [3.63, 3.8) is 0 Å². The monoisotopic (exact) mass is 585 g/mol. The Morgan fingerprint density at radius 1 is 0.909 bits per heavy atom. The number of ether oxygens (including phenoxy) is 1. The Labute approximate surface area is 254 Å². The summed E-state index contributed by atoms with van der Waals surface area (Å²) in [5.74, 6) is 0.0766. The lowest BCUT2D eigenvalue weighted by Crippen LogP contribution is -2.40. The van der Waals surface area contributed by atoms with Gasteiger partial charge in [0.15, 0.2) is 11.4 Å². The lowest BCUT2D eigenvalue weighted by Gasteiger charge is -2.23. The van der Waals surface area contributed by atoms with E-state index in [1.807, 2.05) is 93.6 Å². The molecule has 2 unspecified atom stereocenters. The van der Waals surface area contributed by atoms with Crippen molar-refractivity contribution in [2.75, 3.05) is 11.6 Å². The number of carbonyl (C=O) groups is 3. The summed E-state index contributed by atoms with van der Waals surface area (Å²) >= 11 is 0. The number of fused-ring (bicyclic) bond motifs is 6. The molecule has 220 valence electrons. The van der Waals surface area contributed by atoms with Crippen LogP contribution in [0.1, 0.15) is 48.2 Å². The van der Waals surface area contributed by atoms with Gasteiger partial charge in [-0.3, -0.25) is 9.59 Å². The normalized spacial score (nSPS) is 16.3. The summed E-state index contributed by atoms with van der Waals surface area (Å²) in [5.41, 5.74) is 5.97. The minimum absolute atomic E-state index is 0.0436. The Hall–Kier alpha value is -5.44. The molecule has 2 aliphatic carbocycles. The van der Waals surface area contributed by atoms with Gasteiger partial charge in [0.25, 0.3) is 0 Å². The fourth-order valence-corrected chi connectivity index (χ4v) is 5.73. The number of Topliss-reactive ketones (excluding diaryl/α,β-unsaturated/α-hetero) is 2. The van der Waals surface area contributed by atoms with E-state index in [0.717, 1.165) is 38.3 Å². The van der Waals surface area contributed by atoms with E-state index >= 15 is 0 Å². The van der Waals surface area contributed by atoms with E-state index in [9.17, 15) is 14.4 Å². The smallest absolute Gasteiger partial charge is 0.429 e.